The van der Waals surface area contributed by atoms with Crippen molar-refractivity contribution in [2.24, 2.45) is 0 Å². The second-order valence-corrected chi connectivity index (χ2v) is 6.90. The fourth-order valence-corrected chi connectivity index (χ4v) is 3.18. The zero-order valence-corrected chi connectivity index (χ0v) is 16.7. The summed E-state index contributed by atoms with van der Waals surface area (Å²) in [5, 5.41) is 0.737. The molecule has 1 heterocycles. The van der Waals surface area contributed by atoms with Crippen molar-refractivity contribution in [3.8, 4) is 0 Å². The van der Waals surface area contributed by atoms with Gasteiger partial charge in [0.05, 0.1) is 0 Å². The largest absolute Gasteiger partial charge is 0.369 e. The zero-order valence-electron chi connectivity index (χ0n) is 15.9. The highest BCUT2D eigenvalue weighted by atomic mass is 32.2. The Bertz CT molecular complexity index is 776. The number of carbonyl (C=O) groups is 2. The first kappa shape index (κ1) is 20.9. The number of ether oxygens (including phenoxy) is 1. The van der Waals surface area contributed by atoms with Crippen molar-refractivity contribution in [2.45, 2.75) is 44.7 Å². The van der Waals surface area contributed by atoms with Gasteiger partial charge in [0, 0.05) is 29.3 Å². The summed E-state index contributed by atoms with van der Waals surface area (Å²) in [4.78, 5) is 32.6. The molecule has 2 aromatic rings. The number of aromatic nitrogens is 2. The van der Waals surface area contributed by atoms with Gasteiger partial charge in [-0.2, -0.15) is 0 Å². The lowest BCUT2D eigenvalue weighted by molar-refractivity contribution is -0.132. The van der Waals surface area contributed by atoms with Gasteiger partial charge in [0.2, 0.25) is 0 Å². The fraction of sp³-hybridized carbons (Fsp3) is 0.368. The van der Waals surface area contributed by atoms with Crippen LogP contribution in [0.2, 0.25) is 0 Å². The molecule has 0 aliphatic heterocycles. The summed E-state index contributed by atoms with van der Waals surface area (Å²) in [5.41, 5.74) is 8.13. The van der Waals surface area contributed by atoms with Crippen molar-refractivity contribution < 1.29 is 14.3 Å². The van der Waals surface area contributed by atoms with Gasteiger partial charge in [0.15, 0.2) is 5.16 Å². The van der Waals surface area contributed by atoms with Gasteiger partial charge in [-0.1, -0.05) is 23.9 Å². The van der Waals surface area contributed by atoms with Gasteiger partial charge in [0.25, 0.3) is 11.8 Å². The first-order valence-corrected chi connectivity index (χ1v) is 9.63. The van der Waals surface area contributed by atoms with Crippen molar-refractivity contribution in [3.63, 3.8) is 0 Å². The average Bonchev–Trinajstić information content (AvgIpc) is 2.64. The maximum absolute atomic E-state index is 12.1. The van der Waals surface area contributed by atoms with E-state index in [4.69, 9.17) is 4.74 Å². The number of hydrogen-bond acceptors (Lipinski definition) is 6. The molecule has 0 fully saturated rings. The van der Waals surface area contributed by atoms with Crippen LogP contribution in [0.3, 0.4) is 0 Å². The minimum Gasteiger partial charge on any atom is -0.369 e. The van der Waals surface area contributed by atoms with Crippen molar-refractivity contribution in [1.29, 1.82) is 0 Å². The zero-order chi connectivity index (χ0) is 19.8. The third kappa shape index (κ3) is 6.65. The quantitative estimate of drug-likeness (QED) is 0.430. The van der Waals surface area contributed by atoms with Crippen LogP contribution in [0.4, 0.5) is 0 Å². The van der Waals surface area contributed by atoms with E-state index in [1.165, 1.54) is 0 Å². The van der Waals surface area contributed by atoms with Crippen molar-refractivity contribution in [2.75, 3.05) is 6.61 Å². The summed E-state index contributed by atoms with van der Waals surface area (Å²) in [5.74, 6) is -0.0801. The van der Waals surface area contributed by atoms with Crippen molar-refractivity contribution >= 4 is 23.6 Å². The SMILES string of the molecule is CCOC(C)C(=O)NNC(=O)c1ccc(CSc2nc(C)cc(C)n2)cc1. The number of rotatable bonds is 7. The average molecular weight is 388 g/mol. The molecule has 0 radical (unpaired) electrons. The molecule has 27 heavy (non-hydrogen) atoms. The van der Waals surface area contributed by atoms with Gasteiger partial charge in [0.1, 0.15) is 6.10 Å². The summed E-state index contributed by atoms with van der Waals surface area (Å²) in [6.45, 7) is 7.74. The van der Waals surface area contributed by atoms with Crippen LogP contribution in [0.25, 0.3) is 0 Å². The third-order valence-electron chi connectivity index (χ3n) is 3.63. The number of amides is 2. The Morgan fingerprint density at radius 3 is 2.33 bits per heavy atom. The van der Waals surface area contributed by atoms with Crippen LogP contribution >= 0.6 is 11.8 Å². The summed E-state index contributed by atoms with van der Waals surface area (Å²) in [7, 11) is 0. The summed E-state index contributed by atoms with van der Waals surface area (Å²) in [6, 6.07) is 9.10. The number of hydrazine groups is 1. The van der Waals surface area contributed by atoms with Gasteiger partial charge < -0.3 is 4.74 Å². The molecule has 144 valence electrons. The second kappa shape index (κ2) is 10.0. The molecule has 2 amide bonds. The summed E-state index contributed by atoms with van der Waals surface area (Å²) in [6.07, 6.45) is -0.623. The van der Waals surface area contributed by atoms with Crippen LogP contribution in [-0.2, 0) is 15.3 Å². The Kier molecular flexibility index (Phi) is 7.75. The van der Waals surface area contributed by atoms with E-state index >= 15 is 0 Å². The Balaban J connectivity index is 1.86. The molecule has 0 bridgehead atoms. The normalized spacial score (nSPS) is 11.7. The van der Waals surface area contributed by atoms with Crippen LogP contribution in [0, 0.1) is 13.8 Å². The predicted octanol–water partition coefficient (Wildman–Crippen LogP) is 2.57. The smallest absolute Gasteiger partial charge is 0.269 e. The number of carbonyl (C=O) groups excluding carboxylic acids is 2. The summed E-state index contributed by atoms with van der Waals surface area (Å²) >= 11 is 1.54. The molecule has 0 aliphatic rings. The monoisotopic (exact) mass is 388 g/mol. The molecular weight excluding hydrogens is 364 g/mol. The van der Waals surface area contributed by atoms with E-state index in [0.29, 0.717) is 17.9 Å². The lowest BCUT2D eigenvalue weighted by atomic mass is 10.1. The maximum atomic E-state index is 12.1. The van der Waals surface area contributed by atoms with Gasteiger partial charge in [-0.15, -0.1) is 0 Å². The van der Waals surface area contributed by atoms with Gasteiger partial charge in [-0.3, -0.25) is 20.4 Å². The number of nitrogens with one attached hydrogen (secondary N) is 2. The van der Waals surface area contributed by atoms with Crippen molar-refractivity contribution in [1.82, 2.24) is 20.8 Å². The van der Waals surface area contributed by atoms with Gasteiger partial charge >= 0.3 is 0 Å². The Hall–Kier alpha value is -2.45. The first-order chi connectivity index (χ1) is 12.9. The minimum absolute atomic E-state index is 0.385. The molecular formula is C19H24N4O3S. The van der Waals surface area contributed by atoms with E-state index in [2.05, 4.69) is 20.8 Å². The van der Waals surface area contributed by atoms with Crippen LogP contribution in [-0.4, -0.2) is 34.5 Å². The highest BCUT2D eigenvalue weighted by Crippen LogP contribution is 2.20. The molecule has 2 N–H and O–H groups in total. The van der Waals surface area contributed by atoms with Crippen LogP contribution in [0.1, 0.15) is 41.2 Å². The molecule has 0 saturated heterocycles. The minimum atomic E-state index is -0.623. The fourth-order valence-electron chi connectivity index (χ4n) is 2.28. The molecule has 0 aliphatic carbocycles. The molecule has 8 heteroatoms. The van der Waals surface area contributed by atoms with Crippen molar-refractivity contribution in [3.05, 3.63) is 52.8 Å². The molecule has 0 spiro atoms. The molecule has 0 saturated carbocycles. The molecule has 1 aromatic heterocycles. The van der Waals surface area contributed by atoms with E-state index < -0.39 is 12.0 Å². The van der Waals surface area contributed by atoms with E-state index in [-0.39, 0.29) is 5.91 Å². The van der Waals surface area contributed by atoms with Crippen LogP contribution < -0.4 is 10.9 Å². The number of aryl methyl sites for hydroxylation is 2. The Morgan fingerprint density at radius 2 is 1.74 bits per heavy atom. The standard InChI is InChI=1S/C19H24N4O3S/c1-5-26-14(4)17(24)22-23-18(25)16-8-6-15(7-9-16)11-27-19-20-12(2)10-13(3)21-19/h6-10,14H,5,11H2,1-4H3,(H,22,24)(H,23,25). The molecule has 1 atom stereocenters. The second-order valence-electron chi connectivity index (χ2n) is 5.96. The van der Waals surface area contributed by atoms with E-state index in [0.717, 1.165) is 22.1 Å². The Labute approximate surface area is 163 Å². The van der Waals surface area contributed by atoms with Crippen LogP contribution in [0.5, 0.6) is 0 Å². The lowest BCUT2D eigenvalue weighted by Gasteiger charge is -2.12. The van der Waals surface area contributed by atoms with E-state index in [9.17, 15) is 9.59 Å². The Morgan fingerprint density at radius 1 is 1.11 bits per heavy atom. The number of nitrogens with zero attached hydrogens (tertiary/aromatic N) is 2. The maximum Gasteiger partial charge on any atom is 0.269 e. The highest BCUT2D eigenvalue weighted by molar-refractivity contribution is 7.98. The lowest BCUT2D eigenvalue weighted by Crippen LogP contribution is -2.46. The number of thioether (sulfide) groups is 1. The predicted molar refractivity (Wildman–Crippen MR) is 104 cm³/mol. The van der Waals surface area contributed by atoms with Gasteiger partial charge in [-0.05, 0) is 51.5 Å². The van der Waals surface area contributed by atoms with Crippen LogP contribution in [0.15, 0.2) is 35.5 Å². The topological polar surface area (TPSA) is 93.2 Å². The molecule has 1 unspecified atom stereocenters. The van der Waals surface area contributed by atoms with E-state index in [1.54, 1.807) is 37.7 Å². The molecule has 7 nitrogen and oxygen atoms in total. The van der Waals surface area contributed by atoms with E-state index in [1.807, 2.05) is 32.0 Å². The third-order valence-corrected chi connectivity index (χ3v) is 4.55. The number of benzene rings is 1. The number of hydrogen-bond donors (Lipinski definition) is 2. The molecule has 1 aromatic carbocycles. The highest BCUT2D eigenvalue weighted by Gasteiger charge is 2.14. The van der Waals surface area contributed by atoms with Gasteiger partial charge in [-0.25, -0.2) is 9.97 Å². The molecule has 2 rings (SSSR count). The first-order valence-electron chi connectivity index (χ1n) is 8.65. The summed E-state index contributed by atoms with van der Waals surface area (Å²) < 4.78 is 5.16.